The molecule has 0 radical (unpaired) electrons. The Morgan fingerprint density at radius 3 is 2.83 bits per heavy atom. The van der Waals surface area contributed by atoms with Crippen LogP contribution >= 0.6 is 0 Å². The van der Waals surface area contributed by atoms with Gasteiger partial charge in [-0.25, -0.2) is 4.98 Å². The van der Waals surface area contributed by atoms with E-state index >= 15 is 0 Å². The van der Waals surface area contributed by atoms with E-state index < -0.39 is 11.0 Å². The van der Waals surface area contributed by atoms with E-state index in [1.165, 1.54) is 18.2 Å². The van der Waals surface area contributed by atoms with Crippen molar-refractivity contribution >= 4 is 11.6 Å². The highest BCUT2D eigenvalue weighted by Gasteiger charge is 2.09. The number of carbonyl (C=O) groups excluding carboxylic acids is 1. The number of aliphatic hydroxyl groups is 1. The normalized spacial score (nSPS) is 11.6. The molecule has 1 unspecified atom stereocenters. The Hall–Kier alpha value is -3.00. The Labute approximate surface area is 131 Å². The Morgan fingerprint density at radius 1 is 1.43 bits per heavy atom. The molecule has 0 saturated carbocycles. The predicted octanol–water partition coefficient (Wildman–Crippen LogP) is 1.89. The topological polar surface area (TPSA) is 115 Å². The molecule has 0 spiro atoms. The lowest BCUT2D eigenvalue weighted by Crippen LogP contribution is -2.30. The van der Waals surface area contributed by atoms with Gasteiger partial charge >= 0.3 is 0 Å². The summed E-state index contributed by atoms with van der Waals surface area (Å²) in [6, 6.07) is 9.04. The summed E-state index contributed by atoms with van der Waals surface area (Å²) in [5.74, 6) is 0.209. The molecule has 8 heteroatoms. The first-order valence-corrected chi connectivity index (χ1v) is 6.80. The lowest BCUT2D eigenvalue weighted by atomic mass is 10.2. The highest BCUT2D eigenvalue weighted by atomic mass is 16.6. The van der Waals surface area contributed by atoms with E-state index in [4.69, 9.17) is 9.84 Å². The van der Waals surface area contributed by atoms with Crippen LogP contribution in [0.1, 0.15) is 17.3 Å². The number of nitrogens with one attached hydrogen (secondary N) is 1. The first kappa shape index (κ1) is 16.4. The van der Waals surface area contributed by atoms with Gasteiger partial charge in [-0.15, -0.1) is 0 Å². The van der Waals surface area contributed by atoms with Crippen molar-refractivity contribution < 1.29 is 19.6 Å². The van der Waals surface area contributed by atoms with Crippen molar-refractivity contribution in [3.63, 3.8) is 0 Å². The second-order valence-electron chi connectivity index (χ2n) is 4.80. The minimum Gasteiger partial charge on any atom is -0.439 e. The van der Waals surface area contributed by atoms with Crippen LogP contribution in [0, 0.1) is 10.1 Å². The number of ether oxygens (including phenoxy) is 1. The van der Waals surface area contributed by atoms with Crippen LogP contribution in [-0.2, 0) is 0 Å². The van der Waals surface area contributed by atoms with E-state index in [9.17, 15) is 14.9 Å². The Morgan fingerprint density at radius 2 is 2.22 bits per heavy atom. The number of aliphatic hydroxyl groups excluding tert-OH is 1. The molecule has 1 aromatic heterocycles. The zero-order valence-corrected chi connectivity index (χ0v) is 12.3. The summed E-state index contributed by atoms with van der Waals surface area (Å²) in [5, 5.41) is 22.3. The maximum atomic E-state index is 11.9. The molecule has 1 aromatic carbocycles. The molecular weight excluding hydrogens is 302 g/mol. The van der Waals surface area contributed by atoms with Crippen LogP contribution < -0.4 is 10.1 Å². The lowest BCUT2D eigenvalue weighted by Gasteiger charge is -2.09. The summed E-state index contributed by atoms with van der Waals surface area (Å²) in [5.41, 5.74) is 0.230. The van der Waals surface area contributed by atoms with Crippen molar-refractivity contribution in [3.05, 3.63) is 58.3 Å². The number of carbonyl (C=O) groups is 1. The van der Waals surface area contributed by atoms with Crippen LogP contribution in [0.4, 0.5) is 5.69 Å². The third-order valence-corrected chi connectivity index (χ3v) is 2.81. The van der Waals surface area contributed by atoms with Gasteiger partial charge in [-0.2, -0.15) is 0 Å². The Bertz CT molecular complexity index is 701. The number of hydrogen-bond acceptors (Lipinski definition) is 6. The van der Waals surface area contributed by atoms with Crippen LogP contribution in [0.25, 0.3) is 0 Å². The highest BCUT2D eigenvalue weighted by molar-refractivity contribution is 5.94. The maximum Gasteiger partial charge on any atom is 0.287 e. The van der Waals surface area contributed by atoms with Gasteiger partial charge in [0, 0.05) is 24.2 Å². The number of hydrogen-bond donors (Lipinski definition) is 2. The second kappa shape index (κ2) is 7.32. The molecule has 1 heterocycles. The monoisotopic (exact) mass is 317 g/mol. The zero-order chi connectivity index (χ0) is 16.8. The van der Waals surface area contributed by atoms with Gasteiger partial charge in [0.1, 0.15) is 11.9 Å². The molecule has 1 atom stereocenters. The number of nitrogens with zero attached hydrogens (tertiary/aromatic N) is 2. The molecule has 0 aliphatic carbocycles. The molecule has 2 N–H and O–H groups in total. The molecule has 0 fully saturated rings. The summed E-state index contributed by atoms with van der Waals surface area (Å²) in [6.45, 7) is 1.72. The van der Waals surface area contributed by atoms with E-state index in [1.807, 2.05) is 0 Å². The standard InChI is InChI=1S/C15H15N3O5/c1-10(19)8-17-15(20)11-3-2-4-13(7-11)23-14-6-5-12(9-16-14)18(21)22/h2-7,9-10,19H,8H2,1H3,(H,17,20). The smallest absolute Gasteiger partial charge is 0.287 e. The minimum atomic E-state index is -0.636. The van der Waals surface area contributed by atoms with Gasteiger partial charge in [0.2, 0.25) is 5.88 Å². The number of pyridine rings is 1. The van der Waals surface area contributed by atoms with Gasteiger partial charge in [0.05, 0.1) is 11.0 Å². The van der Waals surface area contributed by atoms with Crippen molar-refractivity contribution in [2.45, 2.75) is 13.0 Å². The average molecular weight is 317 g/mol. The lowest BCUT2D eigenvalue weighted by molar-refractivity contribution is -0.385. The first-order valence-electron chi connectivity index (χ1n) is 6.80. The summed E-state index contributed by atoms with van der Waals surface area (Å²) in [6.07, 6.45) is 0.455. The SMILES string of the molecule is CC(O)CNC(=O)c1cccc(Oc2ccc([N+](=O)[O-])cn2)c1. The number of nitro groups is 1. The van der Waals surface area contributed by atoms with Crippen LogP contribution in [0.3, 0.4) is 0 Å². The van der Waals surface area contributed by atoms with Gasteiger partial charge in [-0.05, 0) is 25.1 Å². The predicted molar refractivity (Wildman–Crippen MR) is 81.4 cm³/mol. The Kier molecular flexibility index (Phi) is 5.21. The van der Waals surface area contributed by atoms with Crippen molar-refractivity contribution in [2.75, 3.05) is 6.54 Å². The quantitative estimate of drug-likeness (QED) is 0.621. The van der Waals surface area contributed by atoms with Crippen molar-refractivity contribution in [3.8, 4) is 11.6 Å². The molecule has 0 bridgehead atoms. The number of amides is 1. The van der Waals surface area contributed by atoms with Gasteiger partial charge in [-0.1, -0.05) is 6.07 Å². The second-order valence-corrected chi connectivity index (χ2v) is 4.80. The summed E-state index contributed by atoms with van der Waals surface area (Å²) < 4.78 is 5.47. The van der Waals surface area contributed by atoms with E-state index in [1.54, 1.807) is 25.1 Å². The van der Waals surface area contributed by atoms with Gasteiger partial charge in [0.25, 0.3) is 11.6 Å². The third kappa shape index (κ3) is 4.75. The molecule has 0 saturated heterocycles. The molecule has 2 aromatic rings. The van der Waals surface area contributed by atoms with Crippen LogP contribution in [-0.4, -0.2) is 33.6 Å². The van der Waals surface area contributed by atoms with E-state index in [-0.39, 0.29) is 24.0 Å². The minimum absolute atomic E-state index is 0.136. The van der Waals surface area contributed by atoms with Crippen molar-refractivity contribution in [1.82, 2.24) is 10.3 Å². The maximum absolute atomic E-state index is 11.9. The number of aromatic nitrogens is 1. The van der Waals surface area contributed by atoms with E-state index in [0.717, 1.165) is 6.20 Å². The average Bonchev–Trinajstić information content (AvgIpc) is 2.53. The third-order valence-electron chi connectivity index (χ3n) is 2.81. The largest absolute Gasteiger partial charge is 0.439 e. The van der Waals surface area contributed by atoms with Gasteiger partial charge in [0.15, 0.2) is 0 Å². The molecule has 0 aliphatic heterocycles. The molecule has 8 nitrogen and oxygen atoms in total. The summed E-state index contributed by atoms with van der Waals surface area (Å²) >= 11 is 0. The molecule has 23 heavy (non-hydrogen) atoms. The van der Waals surface area contributed by atoms with Gasteiger partial charge < -0.3 is 15.2 Å². The van der Waals surface area contributed by atoms with Crippen LogP contribution in [0.2, 0.25) is 0 Å². The van der Waals surface area contributed by atoms with E-state index in [0.29, 0.717) is 11.3 Å². The van der Waals surface area contributed by atoms with Crippen LogP contribution in [0.15, 0.2) is 42.6 Å². The Balaban J connectivity index is 2.07. The van der Waals surface area contributed by atoms with E-state index in [2.05, 4.69) is 10.3 Å². The first-order chi connectivity index (χ1) is 11.0. The summed E-state index contributed by atoms with van der Waals surface area (Å²) in [7, 11) is 0. The number of benzene rings is 1. The highest BCUT2D eigenvalue weighted by Crippen LogP contribution is 2.22. The molecule has 2 rings (SSSR count). The molecular formula is C15H15N3O5. The molecule has 0 aliphatic rings. The molecule has 120 valence electrons. The molecule has 1 amide bonds. The van der Waals surface area contributed by atoms with Crippen LogP contribution in [0.5, 0.6) is 11.6 Å². The fourth-order valence-electron chi connectivity index (χ4n) is 1.70. The van der Waals surface area contributed by atoms with Crippen molar-refractivity contribution in [1.29, 1.82) is 0 Å². The zero-order valence-electron chi connectivity index (χ0n) is 12.3. The fourth-order valence-corrected chi connectivity index (χ4v) is 1.70. The fraction of sp³-hybridized carbons (Fsp3) is 0.200. The van der Waals surface area contributed by atoms with Crippen molar-refractivity contribution in [2.24, 2.45) is 0 Å². The number of rotatable bonds is 6. The summed E-state index contributed by atoms with van der Waals surface area (Å²) in [4.78, 5) is 25.7. The van der Waals surface area contributed by atoms with Gasteiger partial charge in [-0.3, -0.25) is 14.9 Å².